The number of carbonyl (C=O) groups excluding carboxylic acids is 1. The Morgan fingerprint density at radius 2 is 2.08 bits per heavy atom. The highest BCUT2D eigenvalue weighted by Gasteiger charge is 2.09. The first-order valence-electron chi connectivity index (χ1n) is 7.82. The predicted octanol–water partition coefficient (Wildman–Crippen LogP) is 5.10. The third-order valence-electron chi connectivity index (χ3n) is 3.60. The molecule has 0 aliphatic carbocycles. The highest BCUT2D eigenvalue weighted by Crippen LogP contribution is 2.28. The van der Waals surface area contributed by atoms with Gasteiger partial charge < -0.3 is 9.15 Å². The largest absolute Gasteiger partial charge is 0.484 e. The maximum atomic E-state index is 12.2. The van der Waals surface area contributed by atoms with E-state index in [1.807, 2.05) is 6.92 Å². The number of ketones is 1. The van der Waals surface area contributed by atoms with E-state index in [9.17, 15) is 4.79 Å². The van der Waals surface area contributed by atoms with Crippen molar-refractivity contribution in [3.63, 3.8) is 0 Å². The van der Waals surface area contributed by atoms with Gasteiger partial charge in [-0.25, -0.2) is 0 Å². The fourth-order valence-corrected chi connectivity index (χ4v) is 2.72. The van der Waals surface area contributed by atoms with Gasteiger partial charge in [0.05, 0.1) is 10.7 Å². The van der Waals surface area contributed by atoms with Crippen LogP contribution in [0, 0.1) is 6.92 Å². The Bertz CT molecular complexity index is 973. The number of nitrogens with zero attached hydrogens (tertiary/aromatic N) is 2. The summed E-state index contributed by atoms with van der Waals surface area (Å²) in [6.45, 7) is 2.04. The van der Waals surface area contributed by atoms with Crippen LogP contribution in [0.15, 0.2) is 46.9 Å². The highest BCUT2D eigenvalue weighted by atomic mass is 35.5. The van der Waals surface area contributed by atoms with Gasteiger partial charge in [0.2, 0.25) is 5.78 Å². The van der Waals surface area contributed by atoms with E-state index in [4.69, 9.17) is 32.4 Å². The van der Waals surface area contributed by atoms with E-state index >= 15 is 0 Å². The quantitative estimate of drug-likeness (QED) is 0.433. The van der Waals surface area contributed by atoms with Crippen molar-refractivity contribution in [2.24, 2.45) is 7.05 Å². The molecule has 0 aliphatic rings. The molecule has 0 N–H and O–H groups in total. The van der Waals surface area contributed by atoms with Crippen LogP contribution in [0.5, 0.6) is 5.75 Å². The molecule has 3 rings (SSSR count). The molecule has 0 spiro atoms. The maximum Gasteiger partial charge on any atom is 0.203 e. The summed E-state index contributed by atoms with van der Waals surface area (Å²) in [7, 11) is 1.73. The van der Waals surface area contributed by atoms with E-state index in [2.05, 4.69) is 5.10 Å². The Morgan fingerprint density at radius 1 is 1.27 bits per heavy atom. The Morgan fingerprint density at radius 3 is 2.81 bits per heavy atom. The number of rotatable bonds is 6. The summed E-state index contributed by atoms with van der Waals surface area (Å²) in [5, 5.41) is 5.17. The molecule has 5 nitrogen and oxygen atoms in total. The van der Waals surface area contributed by atoms with Crippen LogP contribution >= 0.6 is 23.2 Å². The van der Waals surface area contributed by atoms with Crippen molar-refractivity contribution in [1.82, 2.24) is 9.78 Å². The van der Waals surface area contributed by atoms with Crippen molar-refractivity contribution >= 4 is 35.1 Å². The van der Waals surface area contributed by atoms with Crippen molar-refractivity contribution < 1.29 is 13.9 Å². The summed E-state index contributed by atoms with van der Waals surface area (Å²) in [6.07, 6.45) is 3.06. The Kier molecular flexibility index (Phi) is 5.49. The minimum atomic E-state index is -0.145. The molecule has 134 valence electrons. The zero-order chi connectivity index (χ0) is 18.7. The minimum absolute atomic E-state index is 0.145. The number of carbonyl (C=O) groups is 1. The number of benzene rings is 1. The van der Waals surface area contributed by atoms with Crippen molar-refractivity contribution in [2.75, 3.05) is 0 Å². The van der Waals surface area contributed by atoms with Gasteiger partial charge in [0.1, 0.15) is 29.6 Å². The molecule has 0 fully saturated rings. The number of aryl methyl sites for hydroxylation is 2. The Labute approximate surface area is 160 Å². The normalized spacial score (nSPS) is 11.2. The van der Waals surface area contributed by atoms with Gasteiger partial charge in [-0.15, -0.1) is 0 Å². The second kappa shape index (κ2) is 7.81. The first-order chi connectivity index (χ1) is 12.4. The SMILES string of the molecule is Cc1cc(C(=O)C=Cc2ccc(COc3cc(Cl)ccc3Cl)o2)n(C)n1. The van der Waals surface area contributed by atoms with Gasteiger partial charge >= 0.3 is 0 Å². The van der Waals surface area contributed by atoms with E-state index in [0.29, 0.717) is 33.0 Å². The fraction of sp³-hybridized carbons (Fsp3) is 0.158. The standard InChI is InChI=1S/C19H16Cl2N2O3/c1-12-9-17(23(2)22-12)18(24)8-6-14-4-5-15(26-14)11-25-19-10-13(20)3-7-16(19)21/h3-10H,11H2,1-2H3. The van der Waals surface area contributed by atoms with E-state index in [1.165, 1.54) is 6.08 Å². The summed E-state index contributed by atoms with van der Waals surface area (Å²) in [4.78, 5) is 12.2. The summed E-state index contributed by atoms with van der Waals surface area (Å²) in [6, 6.07) is 10.3. The molecule has 2 heterocycles. The second-order valence-corrected chi connectivity index (χ2v) is 6.50. The number of hydrogen-bond donors (Lipinski definition) is 0. The van der Waals surface area contributed by atoms with E-state index in [0.717, 1.165) is 5.69 Å². The zero-order valence-corrected chi connectivity index (χ0v) is 15.7. The Hall–Kier alpha value is -2.50. The average Bonchev–Trinajstić information content (AvgIpc) is 3.19. The van der Waals surface area contributed by atoms with Crippen LogP contribution in [0.3, 0.4) is 0 Å². The number of ether oxygens (including phenoxy) is 1. The molecule has 26 heavy (non-hydrogen) atoms. The van der Waals surface area contributed by atoms with Crippen LogP contribution in [0.4, 0.5) is 0 Å². The predicted molar refractivity (Wildman–Crippen MR) is 101 cm³/mol. The molecule has 0 amide bonds. The highest BCUT2D eigenvalue weighted by molar-refractivity contribution is 6.34. The summed E-state index contributed by atoms with van der Waals surface area (Å²) in [5.74, 6) is 1.49. The van der Waals surface area contributed by atoms with E-state index in [1.54, 1.807) is 54.2 Å². The number of hydrogen-bond acceptors (Lipinski definition) is 4. The summed E-state index contributed by atoms with van der Waals surface area (Å²) < 4.78 is 12.8. The molecule has 0 atom stereocenters. The van der Waals surface area contributed by atoms with Crippen molar-refractivity contribution in [2.45, 2.75) is 13.5 Å². The fourth-order valence-electron chi connectivity index (χ4n) is 2.38. The number of halogens is 2. The maximum absolute atomic E-state index is 12.2. The lowest BCUT2D eigenvalue weighted by Crippen LogP contribution is -2.03. The monoisotopic (exact) mass is 390 g/mol. The lowest BCUT2D eigenvalue weighted by Gasteiger charge is -2.06. The van der Waals surface area contributed by atoms with E-state index < -0.39 is 0 Å². The molecule has 2 aromatic heterocycles. The minimum Gasteiger partial charge on any atom is -0.484 e. The molecular formula is C19H16Cl2N2O3. The lowest BCUT2D eigenvalue weighted by atomic mass is 10.2. The molecule has 0 aliphatic heterocycles. The van der Waals surface area contributed by atoms with Crippen molar-refractivity contribution in [3.8, 4) is 5.75 Å². The third kappa shape index (κ3) is 4.36. The average molecular weight is 391 g/mol. The topological polar surface area (TPSA) is 57.3 Å². The van der Waals surface area contributed by atoms with Crippen LogP contribution in [0.1, 0.15) is 27.7 Å². The second-order valence-electron chi connectivity index (χ2n) is 5.66. The van der Waals surface area contributed by atoms with Gasteiger partial charge in [-0.2, -0.15) is 5.10 Å². The molecule has 0 radical (unpaired) electrons. The smallest absolute Gasteiger partial charge is 0.203 e. The summed E-state index contributed by atoms with van der Waals surface area (Å²) >= 11 is 12.0. The molecular weight excluding hydrogens is 375 g/mol. The van der Waals surface area contributed by atoms with Crippen LogP contribution in [-0.4, -0.2) is 15.6 Å². The van der Waals surface area contributed by atoms with Gasteiger partial charge in [0.25, 0.3) is 0 Å². The molecule has 0 saturated heterocycles. The van der Waals surface area contributed by atoms with Crippen LogP contribution in [0.25, 0.3) is 6.08 Å². The number of furan rings is 1. The summed E-state index contributed by atoms with van der Waals surface area (Å²) in [5.41, 5.74) is 1.31. The van der Waals surface area contributed by atoms with Crippen molar-refractivity contribution in [3.05, 3.63) is 75.4 Å². The molecule has 1 aromatic carbocycles. The van der Waals surface area contributed by atoms with Crippen LogP contribution < -0.4 is 4.74 Å². The number of aromatic nitrogens is 2. The van der Waals surface area contributed by atoms with Gasteiger partial charge in [-0.3, -0.25) is 9.48 Å². The van der Waals surface area contributed by atoms with Crippen LogP contribution in [-0.2, 0) is 13.7 Å². The molecule has 0 bridgehead atoms. The molecule has 7 heteroatoms. The van der Waals surface area contributed by atoms with Gasteiger partial charge in [-0.1, -0.05) is 23.2 Å². The molecule has 3 aromatic rings. The third-order valence-corrected chi connectivity index (χ3v) is 4.15. The molecule has 0 unspecified atom stereocenters. The first-order valence-corrected chi connectivity index (χ1v) is 8.57. The Balaban J connectivity index is 1.63. The van der Waals surface area contributed by atoms with Crippen molar-refractivity contribution in [1.29, 1.82) is 0 Å². The van der Waals surface area contributed by atoms with Gasteiger partial charge in [0, 0.05) is 18.1 Å². The van der Waals surface area contributed by atoms with Gasteiger partial charge in [0.15, 0.2) is 0 Å². The zero-order valence-electron chi connectivity index (χ0n) is 14.2. The molecule has 0 saturated carbocycles. The number of allylic oxidation sites excluding steroid dienone is 1. The van der Waals surface area contributed by atoms with E-state index in [-0.39, 0.29) is 12.4 Å². The first kappa shape index (κ1) is 18.3. The van der Waals surface area contributed by atoms with Crippen LogP contribution in [0.2, 0.25) is 10.0 Å². The lowest BCUT2D eigenvalue weighted by molar-refractivity contribution is 0.103. The van der Waals surface area contributed by atoms with Gasteiger partial charge in [-0.05, 0) is 49.4 Å².